The summed E-state index contributed by atoms with van der Waals surface area (Å²) in [5.74, 6) is 1.99. The smallest absolute Gasteiger partial charge is 0.153 e. The molecule has 3 N–H and O–H groups in total. The summed E-state index contributed by atoms with van der Waals surface area (Å²) in [7, 11) is 0. The summed E-state index contributed by atoms with van der Waals surface area (Å²) in [6.45, 7) is 9.27. The van der Waals surface area contributed by atoms with E-state index in [1.54, 1.807) is 0 Å². The Morgan fingerprint density at radius 3 is 2.67 bits per heavy atom. The molecule has 3 rings (SSSR count). The molecule has 2 heterocycles. The Morgan fingerprint density at radius 2 is 2.00 bits per heavy atom. The number of H-pyrrole nitrogens is 1. The number of anilines is 1. The van der Waals surface area contributed by atoms with Crippen molar-refractivity contribution in [3.63, 3.8) is 0 Å². The quantitative estimate of drug-likeness (QED) is 0.900. The van der Waals surface area contributed by atoms with E-state index < -0.39 is 0 Å². The molecule has 4 nitrogen and oxygen atoms in total. The molecule has 2 aliphatic rings. The zero-order chi connectivity index (χ0) is 15.0. The Balaban J connectivity index is 1.79. The van der Waals surface area contributed by atoms with E-state index in [2.05, 4.69) is 35.9 Å². The molecule has 0 bridgehead atoms. The zero-order valence-corrected chi connectivity index (χ0v) is 13.8. The molecule has 1 aromatic heterocycles. The fourth-order valence-electron chi connectivity index (χ4n) is 3.81. The second-order valence-electron chi connectivity index (χ2n) is 7.61. The Labute approximate surface area is 128 Å². The van der Waals surface area contributed by atoms with E-state index in [9.17, 15) is 0 Å². The van der Waals surface area contributed by atoms with Gasteiger partial charge in [0.15, 0.2) is 5.82 Å². The van der Waals surface area contributed by atoms with E-state index in [1.165, 1.54) is 36.3 Å². The van der Waals surface area contributed by atoms with Crippen LogP contribution in [0.2, 0.25) is 0 Å². The van der Waals surface area contributed by atoms with Gasteiger partial charge < -0.3 is 10.6 Å². The van der Waals surface area contributed by atoms with E-state index in [-0.39, 0.29) is 0 Å². The maximum atomic E-state index is 6.03. The van der Waals surface area contributed by atoms with E-state index in [0.29, 0.717) is 11.5 Å². The minimum atomic E-state index is 0.378. The molecule has 4 heteroatoms. The maximum absolute atomic E-state index is 6.03. The van der Waals surface area contributed by atoms with Crippen LogP contribution in [0.1, 0.15) is 57.7 Å². The number of hydrogen-bond acceptors (Lipinski definition) is 3. The molecule has 0 spiro atoms. The van der Waals surface area contributed by atoms with Crippen molar-refractivity contribution in [2.24, 2.45) is 17.1 Å². The second-order valence-corrected chi connectivity index (χ2v) is 7.61. The molecule has 0 aromatic carbocycles. The predicted molar refractivity (Wildman–Crippen MR) is 87.6 cm³/mol. The van der Waals surface area contributed by atoms with E-state index >= 15 is 0 Å². The highest BCUT2D eigenvalue weighted by Gasteiger charge is 2.34. The Hall–Kier alpha value is -1.03. The maximum Gasteiger partial charge on any atom is 0.153 e. The number of aromatic amines is 1. The number of piperidine rings is 1. The normalized spacial score (nSPS) is 24.2. The molecule has 0 amide bonds. The summed E-state index contributed by atoms with van der Waals surface area (Å²) in [5, 5.41) is 7.95. The number of hydrogen-bond donors (Lipinski definition) is 2. The van der Waals surface area contributed by atoms with Crippen molar-refractivity contribution in [1.29, 1.82) is 0 Å². The average Bonchev–Trinajstić information content (AvgIpc) is 2.91. The highest BCUT2D eigenvalue weighted by molar-refractivity contribution is 5.51. The minimum absolute atomic E-state index is 0.378. The van der Waals surface area contributed by atoms with Crippen LogP contribution in [0.5, 0.6) is 0 Å². The zero-order valence-electron chi connectivity index (χ0n) is 13.8. The number of nitrogens with one attached hydrogen (secondary N) is 1. The molecule has 0 radical (unpaired) electrons. The van der Waals surface area contributed by atoms with Crippen molar-refractivity contribution < 1.29 is 0 Å². The van der Waals surface area contributed by atoms with Crippen molar-refractivity contribution in [1.82, 2.24) is 10.2 Å². The lowest BCUT2D eigenvalue weighted by atomic mass is 9.69. The van der Waals surface area contributed by atoms with Crippen molar-refractivity contribution in [3.05, 3.63) is 11.3 Å². The molecule has 1 aliphatic heterocycles. The third-order valence-corrected chi connectivity index (χ3v) is 5.98. The van der Waals surface area contributed by atoms with Gasteiger partial charge in [-0.05, 0) is 43.4 Å². The molecule has 21 heavy (non-hydrogen) atoms. The van der Waals surface area contributed by atoms with Crippen LogP contribution in [-0.2, 0) is 12.8 Å². The fourth-order valence-corrected chi connectivity index (χ4v) is 3.81. The van der Waals surface area contributed by atoms with Gasteiger partial charge in [-0.15, -0.1) is 0 Å². The van der Waals surface area contributed by atoms with Gasteiger partial charge >= 0.3 is 0 Å². The Bertz CT molecular complexity index is 483. The predicted octanol–water partition coefficient (Wildman–Crippen LogP) is 2.88. The van der Waals surface area contributed by atoms with Crippen molar-refractivity contribution in [2.75, 3.05) is 18.0 Å². The monoisotopic (exact) mass is 290 g/mol. The van der Waals surface area contributed by atoms with Gasteiger partial charge in [-0.25, -0.2) is 0 Å². The van der Waals surface area contributed by atoms with Crippen LogP contribution in [0, 0.1) is 11.3 Å². The van der Waals surface area contributed by atoms with Crippen molar-refractivity contribution in [3.8, 4) is 0 Å². The minimum Gasteiger partial charge on any atom is -0.355 e. The van der Waals surface area contributed by atoms with Gasteiger partial charge in [0, 0.05) is 30.4 Å². The SMILES string of the molecule is CCC(C)(C)C1CCc2[nH]nc(N3CCC(N)CC3)c2C1. The van der Waals surface area contributed by atoms with E-state index in [4.69, 9.17) is 5.73 Å². The molecule has 118 valence electrons. The lowest BCUT2D eigenvalue weighted by Crippen LogP contribution is -2.40. The largest absolute Gasteiger partial charge is 0.355 e. The van der Waals surface area contributed by atoms with Crippen LogP contribution in [0.4, 0.5) is 5.82 Å². The van der Waals surface area contributed by atoms with Gasteiger partial charge in [-0.2, -0.15) is 5.10 Å². The van der Waals surface area contributed by atoms with Crippen LogP contribution in [0.15, 0.2) is 0 Å². The van der Waals surface area contributed by atoms with Gasteiger partial charge in [0.2, 0.25) is 0 Å². The summed E-state index contributed by atoms with van der Waals surface area (Å²) in [4.78, 5) is 2.44. The number of aryl methyl sites for hydroxylation is 1. The Kier molecular flexibility index (Phi) is 4.00. The van der Waals surface area contributed by atoms with Gasteiger partial charge in [0.1, 0.15) is 0 Å². The van der Waals surface area contributed by atoms with Gasteiger partial charge in [0.05, 0.1) is 0 Å². The molecular weight excluding hydrogens is 260 g/mol. The first-order valence-corrected chi connectivity index (χ1v) is 8.58. The molecule has 1 unspecified atom stereocenters. The topological polar surface area (TPSA) is 57.9 Å². The van der Waals surface area contributed by atoms with Crippen LogP contribution in [-0.4, -0.2) is 29.3 Å². The molecule has 1 aliphatic carbocycles. The molecule has 1 saturated heterocycles. The number of nitrogens with two attached hydrogens (primary N) is 1. The second kappa shape index (κ2) is 5.64. The third-order valence-electron chi connectivity index (χ3n) is 5.98. The van der Waals surface area contributed by atoms with Crippen molar-refractivity contribution in [2.45, 2.75) is 65.3 Å². The fraction of sp³-hybridized carbons (Fsp3) is 0.824. The summed E-state index contributed by atoms with van der Waals surface area (Å²) in [6.07, 6.45) is 7.06. The summed E-state index contributed by atoms with van der Waals surface area (Å²) < 4.78 is 0. The lowest BCUT2D eigenvalue weighted by Gasteiger charge is -2.37. The number of rotatable bonds is 3. The number of aromatic nitrogens is 2. The first-order chi connectivity index (χ1) is 10.0. The van der Waals surface area contributed by atoms with Gasteiger partial charge in [-0.3, -0.25) is 5.10 Å². The third kappa shape index (κ3) is 2.83. The standard InChI is InChI=1S/C17H30N4/c1-4-17(2,3)12-5-6-15-14(11-12)16(20-19-15)21-9-7-13(18)8-10-21/h12-13H,4-11,18H2,1-3H3,(H,19,20). The highest BCUT2D eigenvalue weighted by atomic mass is 15.3. The molecule has 1 fully saturated rings. The average molecular weight is 290 g/mol. The number of nitrogens with zero attached hydrogens (tertiary/aromatic N) is 2. The van der Waals surface area contributed by atoms with Gasteiger partial charge in [0.25, 0.3) is 0 Å². The van der Waals surface area contributed by atoms with E-state index in [0.717, 1.165) is 38.3 Å². The molecule has 1 aromatic rings. The summed E-state index contributed by atoms with van der Waals surface area (Å²) in [6, 6.07) is 0.378. The lowest BCUT2D eigenvalue weighted by molar-refractivity contribution is 0.182. The first-order valence-electron chi connectivity index (χ1n) is 8.58. The van der Waals surface area contributed by atoms with E-state index in [1.807, 2.05) is 0 Å². The summed E-state index contributed by atoms with van der Waals surface area (Å²) in [5.41, 5.74) is 9.32. The van der Waals surface area contributed by atoms with Crippen LogP contribution in [0.3, 0.4) is 0 Å². The van der Waals surface area contributed by atoms with Crippen LogP contribution in [0.25, 0.3) is 0 Å². The molecule has 1 atom stereocenters. The number of fused-ring (bicyclic) bond motifs is 1. The van der Waals surface area contributed by atoms with Gasteiger partial charge in [-0.1, -0.05) is 27.2 Å². The first kappa shape index (κ1) is 14.9. The molecular formula is C17H30N4. The van der Waals surface area contributed by atoms with Crippen LogP contribution >= 0.6 is 0 Å². The highest BCUT2D eigenvalue weighted by Crippen LogP contribution is 2.41. The summed E-state index contributed by atoms with van der Waals surface area (Å²) >= 11 is 0. The Morgan fingerprint density at radius 1 is 1.29 bits per heavy atom. The molecule has 0 saturated carbocycles. The van der Waals surface area contributed by atoms with Crippen molar-refractivity contribution >= 4 is 5.82 Å². The van der Waals surface area contributed by atoms with Crippen LogP contribution < -0.4 is 10.6 Å².